The normalized spacial score (nSPS) is 15.2. The van der Waals surface area contributed by atoms with Gasteiger partial charge in [-0.25, -0.2) is 5.43 Å². The smallest absolute Gasteiger partial charge is 0.274 e. The number of phenolic OH excluding ortho intramolecular Hbond substituents is 1. The van der Waals surface area contributed by atoms with Crippen LogP contribution < -0.4 is 10.2 Å². The summed E-state index contributed by atoms with van der Waals surface area (Å²) in [5, 5.41) is 25.0. The molecule has 0 bridgehead atoms. The van der Waals surface area contributed by atoms with Crippen LogP contribution >= 0.6 is 15.9 Å². The Morgan fingerprint density at radius 3 is 2.65 bits per heavy atom. The molecule has 1 aliphatic rings. The van der Waals surface area contributed by atoms with Gasteiger partial charge in [-0.05, 0) is 43.6 Å². The summed E-state index contributed by atoms with van der Waals surface area (Å²) in [4.78, 5) is 25.2. The van der Waals surface area contributed by atoms with E-state index < -0.39 is 4.92 Å². The number of ether oxygens (including phenoxy) is 1. The molecule has 3 rings (SSSR count). The number of nitrogens with one attached hydrogen (secondary N) is 1. The van der Waals surface area contributed by atoms with Gasteiger partial charge in [0, 0.05) is 28.6 Å². The van der Waals surface area contributed by atoms with Gasteiger partial charge in [0.05, 0.1) is 24.3 Å². The second-order valence-electron chi connectivity index (χ2n) is 7.25. The highest BCUT2D eigenvalue weighted by atomic mass is 79.9. The molecule has 0 aromatic heterocycles. The number of carbonyl (C=O) groups excluding carboxylic acids is 1. The molecule has 9 nitrogen and oxygen atoms in total. The summed E-state index contributed by atoms with van der Waals surface area (Å²) in [6.45, 7) is 2.45. The third-order valence-corrected chi connectivity index (χ3v) is 5.70. The van der Waals surface area contributed by atoms with Gasteiger partial charge in [-0.2, -0.15) is 5.10 Å². The average Bonchev–Trinajstić information content (AvgIpc) is 2.76. The summed E-state index contributed by atoms with van der Waals surface area (Å²) < 4.78 is 5.99. The van der Waals surface area contributed by atoms with E-state index in [1.54, 1.807) is 0 Å². The van der Waals surface area contributed by atoms with Gasteiger partial charge in [0.1, 0.15) is 0 Å². The molecule has 164 valence electrons. The number of rotatable bonds is 7. The van der Waals surface area contributed by atoms with Crippen molar-refractivity contribution in [1.29, 1.82) is 0 Å². The monoisotopic (exact) mass is 490 g/mol. The maximum absolute atomic E-state index is 12.4. The first-order valence-corrected chi connectivity index (χ1v) is 10.5. The summed E-state index contributed by atoms with van der Waals surface area (Å²) in [5.41, 5.74) is 3.52. The van der Waals surface area contributed by atoms with Gasteiger partial charge in [0.15, 0.2) is 11.5 Å². The number of amides is 1. The van der Waals surface area contributed by atoms with Crippen molar-refractivity contribution in [2.45, 2.75) is 19.4 Å². The van der Waals surface area contributed by atoms with Crippen LogP contribution in [0.3, 0.4) is 0 Å². The number of piperidine rings is 1. The second-order valence-corrected chi connectivity index (χ2v) is 8.17. The maximum atomic E-state index is 12.4. The van der Waals surface area contributed by atoms with Gasteiger partial charge in [0.2, 0.25) is 5.91 Å². The fourth-order valence-corrected chi connectivity index (χ4v) is 3.70. The number of phenols is 1. The van der Waals surface area contributed by atoms with E-state index in [1.165, 1.54) is 18.9 Å². The molecule has 2 aromatic carbocycles. The quantitative estimate of drug-likeness (QED) is 0.348. The minimum atomic E-state index is -0.597. The molecule has 1 amide bonds. The number of likely N-dealkylation sites (tertiary alicyclic amines) is 1. The van der Waals surface area contributed by atoms with E-state index >= 15 is 0 Å². The van der Waals surface area contributed by atoms with Gasteiger partial charge < -0.3 is 9.84 Å². The summed E-state index contributed by atoms with van der Waals surface area (Å²) >= 11 is 3.43. The summed E-state index contributed by atoms with van der Waals surface area (Å²) in [6, 6.07) is 10.5. The largest absolute Gasteiger partial charge is 0.504 e. The van der Waals surface area contributed by atoms with Crippen molar-refractivity contribution in [3.05, 3.63) is 62.1 Å². The zero-order valence-electron chi connectivity index (χ0n) is 17.0. The van der Waals surface area contributed by atoms with Crippen molar-refractivity contribution in [3.63, 3.8) is 0 Å². The molecule has 31 heavy (non-hydrogen) atoms. The van der Waals surface area contributed by atoms with Crippen LogP contribution in [-0.2, 0) is 11.3 Å². The van der Waals surface area contributed by atoms with Crippen LogP contribution in [0.4, 0.5) is 5.69 Å². The van der Waals surface area contributed by atoms with E-state index in [9.17, 15) is 20.0 Å². The van der Waals surface area contributed by atoms with Gasteiger partial charge in [-0.15, -0.1) is 0 Å². The lowest BCUT2D eigenvalue weighted by molar-refractivity contribution is -0.385. The van der Waals surface area contributed by atoms with Crippen molar-refractivity contribution in [1.82, 2.24) is 10.3 Å². The lowest BCUT2D eigenvalue weighted by atomic mass is 9.96. The number of benzene rings is 2. The highest BCUT2D eigenvalue weighted by molar-refractivity contribution is 9.10. The van der Waals surface area contributed by atoms with Crippen LogP contribution in [0.2, 0.25) is 0 Å². The summed E-state index contributed by atoms with van der Waals surface area (Å²) in [5.74, 6) is -0.699. The number of halogens is 1. The molecule has 0 unspecified atom stereocenters. The van der Waals surface area contributed by atoms with Crippen LogP contribution in [0.25, 0.3) is 0 Å². The number of hydrogen-bond donors (Lipinski definition) is 2. The van der Waals surface area contributed by atoms with Gasteiger partial charge >= 0.3 is 0 Å². The number of aromatic hydroxyl groups is 1. The third kappa shape index (κ3) is 6.02. The van der Waals surface area contributed by atoms with Gasteiger partial charge in [-0.1, -0.05) is 28.1 Å². The fourth-order valence-electron chi connectivity index (χ4n) is 3.43. The molecule has 1 fully saturated rings. The first kappa shape index (κ1) is 22.7. The Balaban J connectivity index is 1.53. The number of nitro groups is 1. The standard InChI is InChI=1S/C21H23BrN4O5/c1-31-19-11-18(26(29)30)10-16(20(19)27)12-23-24-21(28)15-6-8-25(9-7-15)13-14-2-4-17(22)5-3-14/h2-5,10-12,15,27H,6-9,13H2,1H3,(H,24,28)/b23-12-. The lowest BCUT2D eigenvalue weighted by Crippen LogP contribution is -2.39. The number of non-ortho nitro benzene ring substituents is 1. The fraction of sp³-hybridized carbons (Fsp3) is 0.333. The lowest BCUT2D eigenvalue weighted by Gasteiger charge is -2.30. The molecule has 0 saturated carbocycles. The summed E-state index contributed by atoms with van der Waals surface area (Å²) in [6.07, 6.45) is 2.60. The van der Waals surface area contributed by atoms with Crippen molar-refractivity contribution in [3.8, 4) is 11.5 Å². The van der Waals surface area contributed by atoms with E-state index in [2.05, 4.69) is 43.5 Å². The molecular weight excluding hydrogens is 468 g/mol. The molecular formula is C21H23BrN4O5. The Labute approximate surface area is 188 Å². The number of hydrazone groups is 1. The third-order valence-electron chi connectivity index (χ3n) is 5.18. The molecule has 1 saturated heterocycles. The highest BCUT2D eigenvalue weighted by Crippen LogP contribution is 2.33. The highest BCUT2D eigenvalue weighted by Gasteiger charge is 2.25. The molecule has 2 aromatic rings. The zero-order valence-corrected chi connectivity index (χ0v) is 18.5. The second kappa shape index (κ2) is 10.4. The topological polar surface area (TPSA) is 117 Å². The predicted octanol–water partition coefficient (Wildman–Crippen LogP) is 3.43. The average molecular weight is 491 g/mol. The van der Waals surface area contributed by atoms with E-state index in [0.29, 0.717) is 12.8 Å². The first-order chi connectivity index (χ1) is 14.9. The Morgan fingerprint density at radius 1 is 1.35 bits per heavy atom. The molecule has 0 aliphatic carbocycles. The van der Waals surface area contributed by atoms with E-state index in [4.69, 9.17) is 4.74 Å². The van der Waals surface area contributed by atoms with E-state index in [0.717, 1.165) is 36.2 Å². The number of nitro benzene ring substituents is 1. The van der Waals surface area contributed by atoms with Crippen LogP contribution in [0.15, 0.2) is 46.0 Å². The van der Waals surface area contributed by atoms with Crippen molar-refractivity contribution in [2.75, 3.05) is 20.2 Å². The molecule has 0 spiro atoms. The predicted molar refractivity (Wildman–Crippen MR) is 119 cm³/mol. The van der Waals surface area contributed by atoms with Crippen LogP contribution in [-0.4, -0.2) is 47.3 Å². The van der Waals surface area contributed by atoms with Crippen molar-refractivity contribution < 1.29 is 19.6 Å². The number of methoxy groups -OCH3 is 1. The maximum Gasteiger partial charge on any atom is 0.274 e. The van der Waals surface area contributed by atoms with Crippen LogP contribution in [0.5, 0.6) is 11.5 Å². The van der Waals surface area contributed by atoms with Gasteiger partial charge in [-0.3, -0.25) is 19.8 Å². The Kier molecular flexibility index (Phi) is 7.59. The van der Waals surface area contributed by atoms with Gasteiger partial charge in [0.25, 0.3) is 5.69 Å². The van der Waals surface area contributed by atoms with E-state index in [-0.39, 0.29) is 34.6 Å². The Hall–Kier alpha value is -2.98. The Morgan fingerprint density at radius 2 is 2.03 bits per heavy atom. The van der Waals surface area contributed by atoms with Crippen molar-refractivity contribution in [2.24, 2.45) is 11.0 Å². The Bertz CT molecular complexity index is 972. The SMILES string of the molecule is COc1cc([N+](=O)[O-])cc(/C=N\NC(=O)C2CCN(Cc3ccc(Br)cc3)CC2)c1O. The molecule has 0 radical (unpaired) electrons. The number of nitrogens with zero attached hydrogens (tertiary/aromatic N) is 3. The molecule has 0 atom stereocenters. The van der Waals surface area contributed by atoms with E-state index in [1.807, 2.05) is 12.1 Å². The zero-order chi connectivity index (χ0) is 22.4. The van der Waals surface area contributed by atoms with Crippen molar-refractivity contribution >= 4 is 33.7 Å². The summed E-state index contributed by atoms with van der Waals surface area (Å²) in [7, 11) is 1.30. The van der Waals surface area contributed by atoms with Crippen LogP contribution in [0, 0.1) is 16.0 Å². The molecule has 2 N–H and O–H groups in total. The minimum Gasteiger partial charge on any atom is -0.504 e. The first-order valence-electron chi connectivity index (χ1n) is 9.72. The number of carbonyl (C=O) groups is 1. The molecule has 10 heteroatoms. The molecule has 1 aliphatic heterocycles. The number of hydrogen-bond acceptors (Lipinski definition) is 7. The van der Waals surface area contributed by atoms with Crippen LogP contribution in [0.1, 0.15) is 24.0 Å². The minimum absolute atomic E-state index is 0.0416. The molecule has 1 heterocycles.